The maximum absolute atomic E-state index is 13.7. The van der Waals surface area contributed by atoms with Crippen LogP contribution in [0, 0.1) is 6.92 Å². The lowest BCUT2D eigenvalue weighted by molar-refractivity contribution is -0.151. The average molecular weight is 645 g/mol. The van der Waals surface area contributed by atoms with Gasteiger partial charge in [-0.1, -0.05) is 67.7 Å². The van der Waals surface area contributed by atoms with E-state index < -0.39 is 12.9 Å². The Morgan fingerprint density at radius 3 is 2.28 bits per heavy atom. The van der Waals surface area contributed by atoms with Gasteiger partial charge < -0.3 is 19.3 Å². The first-order valence-corrected chi connectivity index (χ1v) is 17.2. The molecule has 0 spiro atoms. The molecule has 3 heterocycles. The normalized spacial score (nSPS) is 15.5. The highest BCUT2D eigenvalue weighted by atomic mass is 32.1. The van der Waals surface area contributed by atoms with Gasteiger partial charge >= 0.3 is 12.1 Å². The molecular formula is C37H48N4O4S. The number of ether oxygens (including phenoxy) is 2. The molecule has 9 heteroatoms. The van der Waals surface area contributed by atoms with Gasteiger partial charge in [0.05, 0.1) is 16.6 Å². The van der Waals surface area contributed by atoms with E-state index in [0.29, 0.717) is 17.8 Å². The number of fused-ring (bicyclic) bond motifs is 2. The van der Waals surface area contributed by atoms with E-state index in [9.17, 15) is 9.59 Å². The van der Waals surface area contributed by atoms with Crippen molar-refractivity contribution in [2.24, 2.45) is 4.99 Å². The van der Waals surface area contributed by atoms with Crippen LogP contribution < -0.4 is 14.8 Å². The number of thiophene rings is 1. The smallest absolute Gasteiger partial charge is 0.423 e. The summed E-state index contributed by atoms with van der Waals surface area (Å²) < 4.78 is 11.8. The minimum absolute atomic E-state index is 0.284. The van der Waals surface area contributed by atoms with E-state index in [4.69, 9.17) is 14.5 Å². The molecule has 1 fully saturated rings. The van der Waals surface area contributed by atoms with Gasteiger partial charge in [-0.15, -0.1) is 11.3 Å². The van der Waals surface area contributed by atoms with Crippen LogP contribution in [0.3, 0.4) is 0 Å². The van der Waals surface area contributed by atoms with Gasteiger partial charge in [0.15, 0.2) is 0 Å². The SMILES string of the molecule is CCC=CCC=CCC=CCC=CCCCCC(=O)OCOC(=O)N1C(N2CCN(C)CC2)=c2cc(C)sc2=Nc2ccccc21. The molecule has 0 bridgehead atoms. The molecule has 2 aliphatic heterocycles. The summed E-state index contributed by atoms with van der Waals surface area (Å²) in [5, 5.41) is 0.908. The van der Waals surface area contributed by atoms with Crippen LogP contribution >= 0.6 is 11.3 Å². The van der Waals surface area contributed by atoms with Crippen LogP contribution in [0.25, 0.3) is 5.82 Å². The number of carbonyl (C=O) groups excluding carboxylic acids is 2. The van der Waals surface area contributed by atoms with Crippen LogP contribution in [-0.4, -0.2) is 61.9 Å². The predicted molar refractivity (Wildman–Crippen MR) is 188 cm³/mol. The number of benzene rings is 1. The highest BCUT2D eigenvalue weighted by molar-refractivity contribution is 7.09. The van der Waals surface area contributed by atoms with Gasteiger partial charge in [-0.3, -0.25) is 4.79 Å². The Morgan fingerprint density at radius 1 is 0.891 bits per heavy atom. The molecular weight excluding hydrogens is 596 g/mol. The van der Waals surface area contributed by atoms with Crippen molar-refractivity contribution in [1.82, 2.24) is 9.80 Å². The lowest BCUT2D eigenvalue weighted by Crippen LogP contribution is -2.51. The molecule has 1 saturated heterocycles. The Kier molecular flexibility index (Phi) is 14.3. The van der Waals surface area contributed by atoms with Crippen LogP contribution in [-0.2, 0) is 14.3 Å². The summed E-state index contributed by atoms with van der Waals surface area (Å²) in [6.45, 7) is 7.05. The molecule has 2 aliphatic rings. The number of anilines is 1. The molecule has 1 aromatic heterocycles. The molecule has 2 aromatic rings. The van der Waals surface area contributed by atoms with Gasteiger partial charge in [-0.25, -0.2) is 14.7 Å². The maximum atomic E-state index is 13.7. The van der Waals surface area contributed by atoms with E-state index in [0.717, 1.165) is 85.3 Å². The van der Waals surface area contributed by atoms with Gasteiger partial charge in [0.2, 0.25) is 6.79 Å². The second-order valence-corrected chi connectivity index (χ2v) is 12.7. The topological polar surface area (TPSA) is 74.7 Å². The third-order valence-corrected chi connectivity index (χ3v) is 8.69. The lowest BCUT2D eigenvalue weighted by Gasteiger charge is -2.38. The minimum Gasteiger partial charge on any atom is -0.428 e. The summed E-state index contributed by atoms with van der Waals surface area (Å²) >= 11 is 1.61. The zero-order valence-corrected chi connectivity index (χ0v) is 28.3. The molecule has 8 nitrogen and oxygen atoms in total. The first-order valence-electron chi connectivity index (χ1n) is 16.4. The van der Waals surface area contributed by atoms with E-state index in [1.54, 1.807) is 16.2 Å². The number of carbonyl (C=O) groups is 2. The van der Waals surface area contributed by atoms with Crippen LogP contribution in [0.1, 0.15) is 63.2 Å². The summed E-state index contributed by atoms with van der Waals surface area (Å²) in [7, 11) is 2.10. The number of allylic oxidation sites excluding steroid dienone is 8. The number of hydrogen-bond donors (Lipinski definition) is 0. The van der Waals surface area contributed by atoms with Crippen molar-refractivity contribution >= 4 is 40.6 Å². The lowest BCUT2D eigenvalue weighted by atomic mass is 10.2. The van der Waals surface area contributed by atoms with Crippen molar-refractivity contribution in [3.8, 4) is 0 Å². The second kappa shape index (κ2) is 18.9. The molecule has 1 aromatic carbocycles. The van der Waals surface area contributed by atoms with Crippen molar-refractivity contribution in [1.29, 1.82) is 0 Å². The fraction of sp³-hybridized carbons (Fsp3) is 0.432. The minimum atomic E-state index is -0.597. The van der Waals surface area contributed by atoms with Crippen LogP contribution in [0.2, 0.25) is 0 Å². The summed E-state index contributed by atoms with van der Waals surface area (Å²) in [4.78, 5) is 38.3. The number of esters is 1. The first-order chi connectivity index (χ1) is 22.5. The number of likely N-dealkylation sites (N-methyl/N-ethyl adjacent to an activating group) is 1. The first kappa shape index (κ1) is 34.9. The summed E-state index contributed by atoms with van der Waals surface area (Å²) in [5.41, 5.74) is 1.33. The fourth-order valence-electron chi connectivity index (χ4n) is 5.26. The molecule has 4 rings (SSSR count). The number of aryl methyl sites for hydroxylation is 1. The number of rotatable bonds is 15. The summed E-state index contributed by atoms with van der Waals surface area (Å²) in [6, 6.07) is 9.67. The third kappa shape index (κ3) is 10.6. The highest BCUT2D eigenvalue weighted by Gasteiger charge is 2.32. The summed E-state index contributed by atoms with van der Waals surface area (Å²) in [5.74, 6) is 0.386. The van der Waals surface area contributed by atoms with Crippen molar-refractivity contribution < 1.29 is 19.1 Å². The molecule has 0 saturated carbocycles. The Labute approximate surface area is 277 Å². The summed E-state index contributed by atoms with van der Waals surface area (Å²) in [6.07, 6.45) is 23.6. The molecule has 0 N–H and O–H groups in total. The van der Waals surface area contributed by atoms with Crippen LogP contribution in [0.5, 0.6) is 0 Å². The van der Waals surface area contributed by atoms with E-state index in [2.05, 4.69) is 78.4 Å². The van der Waals surface area contributed by atoms with Gasteiger partial charge in [0.1, 0.15) is 10.5 Å². The number of hydrogen-bond acceptors (Lipinski definition) is 8. The Morgan fingerprint density at radius 2 is 1.57 bits per heavy atom. The van der Waals surface area contributed by atoms with Crippen molar-refractivity contribution in [2.75, 3.05) is 44.9 Å². The van der Waals surface area contributed by atoms with E-state index in [1.165, 1.54) is 0 Å². The van der Waals surface area contributed by atoms with E-state index in [1.807, 2.05) is 31.2 Å². The molecule has 0 atom stereocenters. The Bertz CT molecular complexity index is 1530. The van der Waals surface area contributed by atoms with Crippen molar-refractivity contribution in [3.05, 3.63) is 93.7 Å². The van der Waals surface area contributed by atoms with Crippen molar-refractivity contribution in [2.45, 2.75) is 65.2 Å². The second-order valence-electron chi connectivity index (χ2n) is 11.4. The fourth-order valence-corrected chi connectivity index (χ4v) is 6.15. The van der Waals surface area contributed by atoms with Gasteiger partial charge in [-0.2, -0.15) is 0 Å². The molecule has 1 amide bonds. The Hall–Kier alpha value is -3.95. The van der Waals surface area contributed by atoms with Crippen molar-refractivity contribution in [3.63, 3.8) is 0 Å². The number of piperazine rings is 1. The molecule has 0 radical (unpaired) electrons. The highest BCUT2D eigenvalue weighted by Crippen LogP contribution is 2.34. The molecule has 46 heavy (non-hydrogen) atoms. The number of unbranched alkanes of at least 4 members (excludes halogenated alkanes) is 2. The van der Waals surface area contributed by atoms with Gasteiger partial charge in [-0.05, 0) is 77.1 Å². The van der Waals surface area contributed by atoms with Gasteiger partial charge in [0.25, 0.3) is 0 Å². The number of nitrogens with zero attached hydrogens (tertiary/aromatic N) is 4. The monoisotopic (exact) mass is 644 g/mol. The van der Waals surface area contributed by atoms with Gasteiger partial charge in [0, 0.05) is 37.5 Å². The van der Waals surface area contributed by atoms with E-state index >= 15 is 0 Å². The standard InChI is InChI=1S/C37H48N4O4S/c1-4-5-6-7-8-9-10-11-12-13-14-15-16-17-18-23-34(42)44-29-45-37(43)41-33-22-20-19-21-32(33)38-35-31(28-30(2)46-35)36(41)40-26-24-39(3)25-27-40/h5-6,8-9,11-12,14-15,19-22,28H,4,7,10,13,16-18,23-27,29H2,1-3H3. The molecule has 246 valence electrons. The molecule has 0 aliphatic carbocycles. The number of para-hydroxylation sites is 2. The Balaban J connectivity index is 1.25. The quantitative estimate of drug-likeness (QED) is 0.0888. The molecule has 0 unspecified atom stereocenters. The van der Waals surface area contributed by atoms with E-state index in [-0.39, 0.29) is 12.4 Å². The van der Waals surface area contributed by atoms with Crippen LogP contribution in [0.4, 0.5) is 16.2 Å². The van der Waals surface area contributed by atoms with Crippen LogP contribution in [0.15, 0.2) is 83.9 Å². The largest absolute Gasteiger partial charge is 0.428 e. The number of amides is 1. The third-order valence-electron chi connectivity index (χ3n) is 7.74. The maximum Gasteiger partial charge on any atom is 0.423 e. The predicted octanol–water partition coefficient (Wildman–Crippen LogP) is 7.14. The average Bonchev–Trinajstić information content (AvgIpc) is 3.35. The zero-order chi connectivity index (χ0) is 32.6. The zero-order valence-electron chi connectivity index (χ0n) is 27.5.